The van der Waals surface area contributed by atoms with Crippen LogP contribution in [0.1, 0.15) is 13.8 Å². The Morgan fingerprint density at radius 3 is 1.92 bits per heavy atom. The first-order valence-electron chi connectivity index (χ1n) is 3.93. The lowest BCUT2D eigenvalue weighted by atomic mass is 9.75. The molecular weight excluding hydrogens is 171 g/mol. The van der Waals surface area contributed by atoms with Gasteiger partial charge in [0.25, 0.3) is 0 Å². The molecule has 12 heavy (non-hydrogen) atoms. The molecule has 3 nitrogen and oxygen atoms in total. The summed E-state index contributed by atoms with van der Waals surface area (Å²) in [5.41, 5.74) is 0. The van der Waals surface area contributed by atoms with Gasteiger partial charge in [0, 0.05) is 6.04 Å². The molecule has 0 bridgehead atoms. The van der Waals surface area contributed by atoms with E-state index in [9.17, 15) is 8.42 Å². The lowest BCUT2D eigenvalue weighted by Crippen LogP contribution is -2.32. The highest BCUT2D eigenvalue weighted by Crippen LogP contribution is 2.02. The molecule has 0 spiro atoms. The Bertz CT molecular complexity index is 279. The van der Waals surface area contributed by atoms with Crippen molar-refractivity contribution in [3.63, 3.8) is 0 Å². The van der Waals surface area contributed by atoms with Gasteiger partial charge in [-0.3, -0.25) is 0 Å². The molecule has 7 heteroatoms. The average Bonchev–Trinajstić information content (AvgIpc) is 1.82. The predicted molar refractivity (Wildman–Crippen MR) is 59.8 cm³/mol. The van der Waals surface area contributed by atoms with E-state index in [0.29, 0.717) is 4.80 Å². The second-order valence-electron chi connectivity index (χ2n) is 3.33. The molecule has 1 N–H and O–H groups in total. The molecule has 0 aromatic carbocycles. The lowest BCUT2D eigenvalue weighted by molar-refractivity contribution is 0.578. The van der Waals surface area contributed by atoms with Crippen LogP contribution in [0.5, 0.6) is 0 Å². The first-order chi connectivity index (χ1) is 5.27. The zero-order valence-corrected chi connectivity index (χ0v) is 9.12. The van der Waals surface area contributed by atoms with E-state index in [0.717, 1.165) is 5.37 Å². The average molecular weight is 185 g/mol. The molecule has 0 saturated carbocycles. The van der Waals surface area contributed by atoms with Crippen LogP contribution in [-0.4, -0.2) is 38.0 Å². The van der Waals surface area contributed by atoms with Crippen LogP contribution in [0.2, 0.25) is 0 Å². The Morgan fingerprint density at radius 2 is 1.67 bits per heavy atom. The predicted octanol–water partition coefficient (Wildman–Crippen LogP) is -2.66. The van der Waals surface area contributed by atoms with E-state index in [2.05, 4.69) is 4.72 Å². The maximum atomic E-state index is 11.4. The van der Waals surface area contributed by atoms with Crippen LogP contribution < -0.4 is 4.72 Å². The summed E-state index contributed by atoms with van der Waals surface area (Å²) in [4.78, 5) is 0.413. The molecule has 0 aliphatic rings. The fourth-order valence-electron chi connectivity index (χ4n) is 0.667. The standard InChI is InChI=1S/C5H14B3NO2S/c1-3(2)9-12(10,11)5(8)4(6)7/h3,9H,6-8H2,1-2H3. The van der Waals surface area contributed by atoms with Crippen LogP contribution in [0.15, 0.2) is 10.2 Å². The van der Waals surface area contributed by atoms with E-state index in [4.69, 9.17) is 0 Å². The van der Waals surface area contributed by atoms with Crippen LogP contribution in [-0.2, 0) is 10.0 Å². The fraction of sp³-hybridized carbons (Fsp3) is 0.600. The van der Waals surface area contributed by atoms with Gasteiger partial charge in [0.05, 0.1) is 0 Å². The largest absolute Gasteiger partial charge is 0.226 e. The third kappa shape index (κ3) is 3.49. The van der Waals surface area contributed by atoms with E-state index >= 15 is 0 Å². The highest BCUT2D eigenvalue weighted by molar-refractivity contribution is 7.95. The van der Waals surface area contributed by atoms with Gasteiger partial charge >= 0.3 is 0 Å². The summed E-state index contributed by atoms with van der Waals surface area (Å²) in [6.45, 7) is 3.60. The molecular formula is C5H14B3NO2S. The molecule has 0 aromatic heterocycles. The van der Waals surface area contributed by atoms with E-state index in [-0.39, 0.29) is 6.04 Å². The van der Waals surface area contributed by atoms with Crippen molar-refractivity contribution in [2.24, 2.45) is 0 Å². The van der Waals surface area contributed by atoms with Gasteiger partial charge in [-0.05, 0) is 18.7 Å². The first-order valence-corrected chi connectivity index (χ1v) is 5.42. The molecule has 0 rings (SSSR count). The molecule has 0 unspecified atom stereocenters. The summed E-state index contributed by atoms with van der Waals surface area (Å²) in [5, 5.41) is 0.822. The summed E-state index contributed by atoms with van der Waals surface area (Å²) in [7, 11) is 1.96. The maximum Gasteiger partial charge on any atom is 0.226 e. The Morgan fingerprint density at radius 1 is 1.25 bits per heavy atom. The van der Waals surface area contributed by atoms with Crippen molar-refractivity contribution in [3.05, 3.63) is 10.2 Å². The van der Waals surface area contributed by atoms with Gasteiger partial charge in [-0.1, -0.05) is 0 Å². The first kappa shape index (κ1) is 11.8. The zero-order valence-electron chi connectivity index (χ0n) is 8.30. The van der Waals surface area contributed by atoms with E-state index in [1.807, 2.05) is 0 Å². The molecule has 0 aliphatic heterocycles. The van der Waals surface area contributed by atoms with Gasteiger partial charge in [0.1, 0.15) is 15.7 Å². The number of rotatable bonds is 3. The van der Waals surface area contributed by atoms with Gasteiger partial charge in [0.2, 0.25) is 10.0 Å². The third-order valence-electron chi connectivity index (χ3n) is 1.50. The minimum atomic E-state index is -3.23. The summed E-state index contributed by atoms with van der Waals surface area (Å²) < 4.78 is 25.3. The van der Waals surface area contributed by atoms with Crippen molar-refractivity contribution in [2.75, 3.05) is 0 Å². The van der Waals surface area contributed by atoms with Gasteiger partial charge in [-0.15, -0.1) is 5.37 Å². The van der Waals surface area contributed by atoms with Gasteiger partial charge in [-0.2, -0.15) is 0 Å². The molecule has 0 heterocycles. The van der Waals surface area contributed by atoms with Crippen molar-refractivity contribution >= 4 is 33.6 Å². The zero-order chi connectivity index (χ0) is 9.94. The van der Waals surface area contributed by atoms with Crippen molar-refractivity contribution < 1.29 is 8.42 Å². The summed E-state index contributed by atoms with van der Waals surface area (Å²) in [6.07, 6.45) is 0. The Balaban J connectivity index is 4.78. The molecule has 0 amide bonds. The quantitative estimate of drug-likeness (QED) is 0.487. The molecule has 0 atom stereocenters. The molecule has 66 valence electrons. The summed E-state index contributed by atoms with van der Waals surface area (Å²) in [6, 6.07) is -0.0516. The fourth-order valence-corrected chi connectivity index (χ4v) is 2.00. The molecule has 0 saturated heterocycles. The van der Waals surface area contributed by atoms with E-state index in [1.165, 1.54) is 0 Å². The lowest BCUT2D eigenvalue weighted by Gasteiger charge is -2.11. The number of hydrogen-bond acceptors (Lipinski definition) is 2. The number of sulfonamides is 1. The third-order valence-corrected chi connectivity index (χ3v) is 3.49. The van der Waals surface area contributed by atoms with Crippen LogP contribution in [0, 0.1) is 0 Å². The number of nitrogens with one attached hydrogen (secondary N) is 1. The van der Waals surface area contributed by atoms with E-state index in [1.54, 1.807) is 37.4 Å². The highest BCUT2D eigenvalue weighted by atomic mass is 32.2. The van der Waals surface area contributed by atoms with Crippen LogP contribution >= 0.6 is 0 Å². The smallest absolute Gasteiger partial charge is 0.210 e. The maximum absolute atomic E-state index is 11.4. The Labute approximate surface area is 77.3 Å². The highest BCUT2D eigenvalue weighted by Gasteiger charge is 2.14. The molecule has 0 radical (unpaired) electrons. The van der Waals surface area contributed by atoms with Gasteiger partial charge in [0.15, 0.2) is 7.85 Å². The SMILES string of the molecule is BC(B)=C(B)S(=O)(=O)NC(C)C. The number of hydrogen-bond donors (Lipinski definition) is 1. The van der Waals surface area contributed by atoms with Crippen molar-refractivity contribution in [3.8, 4) is 0 Å². The second-order valence-corrected chi connectivity index (χ2v) is 5.19. The van der Waals surface area contributed by atoms with Crippen molar-refractivity contribution in [1.29, 1.82) is 0 Å². The Hall–Kier alpha value is -0.155. The van der Waals surface area contributed by atoms with Crippen molar-refractivity contribution in [1.82, 2.24) is 4.72 Å². The van der Waals surface area contributed by atoms with Crippen LogP contribution in [0.4, 0.5) is 0 Å². The van der Waals surface area contributed by atoms with Crippen molar-refractivity contribution in [2.45, 2.75) is 19.9 Å². The van der Waals surface area contributed by atoms with E-state index < -0.39 is 10.0 Å². The monoisotopic (exact) mass is 185 g/mol. The summed E-state index contributed by atoms with van der Waals surface area (Å²) >= 11 is 0. The second kappa shape index (κ2) is 4.19. The minimum Gasteiger partial charge on any atom is -0.210 e. The van der Waals surface area contributed by atoms with Crippen LogP contribution in [0.25, 0.3) is 0 Å². The molecule has 0 aliphatic carbocycles. The van der Waals surface area contributed by atoms with Gasteiger partial charge in [-0.25, -0.2) is 13.1 Å². The topological polar surface area (TPSA) is 46.2 Å². The Kier molecular flexibility index (Phi) is 4.13. The van der Waals surface area contributed by atoms with Crippen LogP contribution in [0.3, 0.4) is 0 Å². The summed E-state index contributed by atoms with van der Waals surface area (Å²) in [5.74, 6) is 0. The minimum absolute atomic E-state index is 0.0516. The molecule has 0 aromatic rings. The van der Waals surface area contributed by atoms with Gasteiger partial charge < -0.3 is 0 Å². The normalized spacial score (nSPS) is 11.6. The molecule has 0 fully saturated rings.